The summed E-state index contributed by atoms with van der Waals surface area (Å²) in [5.41, 5.74) is -0.474. The van der Waals surface area contributed by atoms with Gasteiger partial charge in [0.15, 0.2) is 0 Å². The number of ether oxygens (including phenoxy) is 1. The van der Waals surface area contributed by atoms with Crippen molar-refractivity contribution in [2.24, 2.45) is 0 Å². The van der Waals surface area contributed by atoms with Gasteiger partial charge in [0.2, 0.25) is 15.9 Å². The lowest BCUT2D eigenvalue weighted by Crippen LogP contribution is -2.39. The number of amides is 1. The Balaban J connectivity index is 1.80. The summed E-state index contributed by atoms with van der Waals surface area (Å²) in [6.45, 7) is 4.94. The largest absolute Gasteiger partial charge is 0.433 e. The Hall–Kier alpha value is -2.93. The number of sulfonamides is 1. The number of halogens is 4. The highest BCUT2D eigenvalue weighted by Gasteiger charge is 2.34. The first-order chi connectivity index (χ1) is 17.7. The van der Waals surface area contributed by atoms with Crippen molar-refractivity contribution in [3.8, 4) is 0 Å². The summed E-state index contributed by atoms with van der Waals surface area (Å²) in [7, 11) is -2.17. The highest BCUT2D eigenvalue weighted by atomic mass is 32.2. The summed E-state index contributed by atoms with van der Waals surface area (Å²) >= 11 is 0. The van der Waals surface area contributed by atoms with Crippen LogP contribution in [0.1, 0.15) is 49.4 Å². The zero-order chi connectivity index (χ0) is 28.3. The van der Waals surface area contributed by atoms with Crippen molar-refractivity contribution >= 4 is 27.4 Å². The van der Waals surface area contributed by atoms with Gasteiger partial charge in [-0.1, -0.05) is 12.1 Å². The van der Waals surface area contributed by atoms with Crippen LogP contribution in [0.15, 0.2) is 30.3 Å². The lowest BCUT2D eigenvalue weighted by molar-refractivity contribution is -0.141. The van der Waals surface area contributed by atoms with E-state index >= 15 is 0 Å². The average Bonchev–Trinajstić information content (AvgIpc) is 2.84. The van der Waals surface area contributed by atoms with Crippen molar-refractivity contribution < 1.29 is 35.5 Å². The molecule has 0 saturated carbocycles. The molecule has 0 radical (unpaired) electrons. The molecule has 1 unspecified atom stereocenters. The van der Waals surface area contributed by atoms with Gasteiger partial charge in [0, 0.05) is 38.9 Å². The fourth-order valence-corrected chi connectivity index (χ4v) is 4.96. The van der Waals surface area contributed by atoms with Crippen molar-refractivity contribution in [1.29, 1.82) is 0 Å². The summed E-state index contributed by atoms with van der Waals surface area (Å²) in [4.78, 5) is 20.2. The van der Waals surface area contributed by atoms with Crippen molar-refractivity contribution in [2.45, 2.75) is 51.4 Å². The molecule has 0 spiro atoms. The third-order valence-corrected chi connectivity index (χ3v) is 6.92. The van der Waals surface area contributed by atoms with Crippen LogP contribution < -0.4 is 9.62 Å². The number of piperidine rings is 1. The number of carbonyl (C=O) groups excluding carboxylic acids is 1. The number of anilines is 2. The number of rotatable bonds is 9. The Morgan fingerprint density at radius 1 is 1.24 bits per heavy atom. The first-order valence-electron chi connectivity index (χ1n) is 12.2. The molecular formula is C25H32F4N4O4S. The Bertz CT molecular complexity index is 1250. The first kappa shape index (κ1) is 29.6. The van der Waals surface area contributed by atoms with E-state index < -0.39 is 39.5 Å². The second-order valence-electron chi connectivity index (χ2n) is 9.35. The van der Waals surface area contributed by atoms with Gasteiger partial charge >= 0.3 is 6.18 Å². The maximum atomic E-state index is 14.5. The highest BCUT2D eigenvalue weighted by molar-refractivity contribution is 7.92. The highest BCUT2D eigenvalue weighted by Crippen LogP contribution is 2.33. The lowest BCUT2D eigenvalue weighted by Gasteiger charge is -2.34. The van der Waals surface area contributed by atoms with Crippen molar-refractivity contribution in [2.75, 3.05) is 42.6 Å². The molecule has 0 bridgehead atoms. The standard InChI is InChI=1S/C25H32F4N4O4S/c1-5-37-19-10-12-33(13-11-19)23-18(7-9-22(30-23)25(27,28)29)15-32(3)24(34)16(2)17-6-8-21(20(26)14-17)31-38(4,35)36/h6-9,14,16,19,31H,5,10-13,15H2,1-4H3. The van der Waals surface area contributed by atoms with Crippen LogP contribution in [-0.2, 0) is 32.3 Å². The Morgan fingerprint density at radius 2 is 1.89 bits per heavy atom. The van der Waals surface area contributed by atoms with E-state index in [1.807, 2.05) is 6.92 Å². The fourth-order valence-electron chi connectivity index (χ4n) is 4.39. The third-order valence-electron chi connectivity index (χ3n) is 6.33. The normalized spacial score (nSPS) is 15.8. The Kier molecular flexibility index (Phi) is 9.24. The predicted octanol–water partition coefficient (Wildman–Crippen LogP) is 4.38. The summed E-state index contributed by atoms with van der Waals surface area (Å²) in [5.74, 6) is -1.85. The van der Waals surface area contributed by atoms with Crippen molar-refractivity contribution in [3.05, 3.63) is 53.0 Å². The van der Waals surface area contributed by atoms with Crippen LogP contribution in [0.5, 0.6) is 0 Å². The van der Waals surface area contributed by atoms with Gasteiger partial charge < -0.3 is 14.5 Å². The second-order valence-corrected chi connectivity index (χ2v) is 11.1. The van der Waals surface area contributed by atoms with E-state index in [-0.39, 0.29) is 24.2 Å². The average molecular weight is 561 g/mol. The van der Waals surface area contributed by atoms with Crippen LogP contribution in [0.25, 0.3) is 0 Å². The molecular weight excluding hydrogens is 528 g/mol. The molecule has 38 heavy (non-hydrogen) atoms. The maximum absolute atomic E-state index is 14.5. The molecule has 1 aliphatic heterocycles. The zero-order valence-corrected chi connectivity index (χ0v) is 22.5. The predicted molar refractivity (Wildman–Crippen MR) is 136 cm³/mol. The van der Waals surface area contributed by atoms with Gasteiger partial charge in [-0.05, 0) is 50.5 Å². The van der Waals surface area contributed by atoms with Gasteiger partial charge in [-0.25, -0.2) is 17.8 Å². The summed E-state index contributed by atoms with van der Waals surface area (Å²) < 4.78 is 85.2. The Morgan fingerprint density at radius 3 is 2.45 bits per heavy atom. The minimum Gasteiger partial charge on any atom is -0.378 e. The molecule has 1 fully saturated rings. The number of nitrogens with one attached hydrogen (secondary N) is 1. The van der Waals surface area contributed by atoms with Gasteiger partial charge in [-0.15, -0.1) is 0 Å². The maximum Gasteiger partial charge on any atom is 0.433 e. The number of aromatic nitrogens is 1. The number of benzene rings is 1. The van der Waals surface area contributed by atoms with E-state index in [0.29, 0.717) is 43.7 Å². The SMILES string of the molecule is CCOC1CCN(c2nc(C(F)(F)F)ccc2CN(C)C(=O)C(C)c2ccc(NS(C)(=O)=O)c(F)c2)CC1. The molecule has 2 heterocycles. The molecule has 2 aromatic rings. The molecule has 1 amide bonds. The van der Waals surface area contributed by atoms with Crippen molar-refractivity contribution in [3.63, 3.8) is 0 Å². The number of alkyl halides is 3. The van der Waals surface area contributed by atoms with Gasteiger partial charge in [-0.3, -0.25) is 9.52 Å². The summed E-state index contributed by atoms with van der Waals surface area (Å²) in [5, 5.41) is 0. The molecule has 1 atom stereocenters. The minimum atomic E-state index is -4.62. The molecule has 1 aromatic heterocycles. The van der Waals surface area contributed by atoms with E-state index in [1.54, 1.807) is 11.8 Å². The first-order valence-corrected chi connectivity index (χ1v) is 14.0. The van der Waals surface area contributed by atoms with Crippen molar-refractivity contribution in [1.82, 2.24) is 9.88 Å². The molecule has 3 rings (SSSR count). The third kappa shape index (κ3) is 7.56. The smallest absolute Gasteiger partial charge is 0.378 e. The topological polar surface area (TPSA) is 91.8 Å². The van der Waals surface area contributed by atoms with E-state index in [9.17, 15) is 30.8 Å². The molecule has 1 aliphatic rings. The van der Waals surface area contributed by atoms with Crippen LogP contribution in [0.3, 0.4) is 0 Å². The number of carbonyl (C=O) groups is 1. The van der Waals surface area contributed by atoms with Crippen LogP contribution in [0.2, 0.25) is 0 Å². The van der Waals surface area contributed by atoms with Crippen LogP contribution in [0.4, 0.5) is 29.1 Å². The molecule has 8 nitrogen and oxygen atoms in total. The number of pyridine rings is 1. The summed E-state index contributed by atoms with van der Waals surface area (Å²) in [6, 6.07) is 5.99. The number of hydrogen-bond donors (Lipinski definition) is 1. The molecule has 210 valence electrons. The molecule has 0 aliphatic carbocycles. The molecule has 1 saturated heterocycles. The zero-order valence-electron chi connectivity index (χ0n) is 21.7. The molecule has 1 aromatic carbocycles. The monoisotopic (exact) mass is 560 g/mol. The van der Waals surface area contributed by atoms with Gasteiger partial charge in [0.25, 0.3) is 0 Å². The fraction of sp³-hybridized carbons (Fsp3) is 0.520. The van der Waals surface area contributed by atoms with Gasteiger partial charge in [0.1, 0.15) is 17.3 Å². The number of likely N-dealkylation sites (N-methyl/N-ethyl adjacent to an activating group) is 1. The Labute approximate surface area is 220 Å². The molecule has 13 heteroatoms. The van der Waals surface area contributed by atoms with Crippen LogP contribution in [0, 0.1) is 5.82 Å². The number of hydrogen-bond acceptors (Lipinski definition) is 6. The van der Waals surface area contributed by atoms with Gasteiger partial charge in [0.05, 0.1) is 24.0 Å². The lowest BCUT2D eigenvalue weighted by atomic mass is 9.99. The summed E-state index contributed by atoms with van der Waals surface area (Å²) in [6.07, 6.45) is -2.39. The molecule has 1 N–H and O–H groups in total. The van der Waals surface area contributed by atoms with E-state index in [1.165, 1.54) is 30.1 Å². The second kappa shape index (κ2) is 11.9. The van der Waals surface area contributed by atoms with E-state index in [4.69, 9.17) is 4.74 Å². The van der Waals surface area contributed by atoms with Gasteiger partial charge in [-0.2, -0.15) is 13.2 Å². The van der Waals surface area contributed by atoms with Crippen LogP contribution in [-0.4, -0.2) is 63.3 Å². The van der Waals surface area contributed by atoms with E-state index in [2.05, 4.69) is 9.71 Å². The van der Waals surface area contributed by atoms with E-state index in [0.717, 1.165) is 18.4 Å². The quantitative estimate of drug-likeness (QED) is 0.458. The number of nitrogens with zero attached hydrogens (tertiary/aromatic N) is 3. The van der Waals surface area contributed by atoms with Crippen LogP contribution >= 0.6 is 0 Å². The minimum absolute atomic E-state index is 0.00870.